The Hall–Kier alpha value is -1.65. The number of amides is 1. The molecule has 1 aromatic carbocycles. The first-order valence-electron chi connectivity index (χ1n) is 7.39. The van der Waals surface area contributed by atoms with E-state index < -0.39 is 0 Å². The van der Waals surface area contributed by atoms with Gasteiger partial charge in [0.05, 0.1) is 4.88 Å². The van der Waals surface area contributed by atoms with E-state index in [4.69, 9.17) is 0 Å². The molecule has 4 heteroatoms. The summed E-state index contributed by atoms with van der Waals surface area (Å²) in [5.41, 5.74) is 2.11. The molecule has 0 aliphatic rings. The van der Waals surface area contributed by atoms with Crippen molar-refractivity contribution < 1.29 is 4.79 Å². The lowest BCUT2D eigenvalue weighted by atomic mass is 10.1. The van der Waals surface area contributed by atoms with Gasteiger partial charge in [0.25, 0.3) is 5.91 Å². The van der Waals surface area contributed by atoms with Gasteiger partial charge >= 0.3 is 0 Å². The van der Waals surface area contributed by atoms with E-state index in [0.717, 1.165) is 35.6 Å². The highest BCUT2D eigenvalue weighted by molar-refractivity contribution is 7.12. The van der Waals surface area contributed by atoms with E-state index in [2.05, 4.69) is 24.1 Å². The van der Waals surface area contributed by atoms with Crippen molar-refractivity contribution in [1.82, 2.24) is 10.2 Å². The Bertz CT molecular complexity index is 561. The molecule has 2 rings (SSSR count). The van der Waals surface area contributed by atoms with Crippen molar-refractivity contribution in [1.29, 1.82) is 0 Å². The molecular formula is C17H22N2OS. The van der Waals surface area contributed by atoms with Gasteiger partial charge in [0.15, 0.2) is 0 Å². The van der Waals surface area contributed by atoms with Crippen molar-refractivity contribution in [2.45, 2.75) is 13.8 Å². The van der Waals surface area contributed by atoms with Gasteiger partial charge in [-0.2, -0.15) is 0 Å². The van der Waals surface area contributed by atoms with E-state index in [-0.39, 0.29) is 5.91 Å². The summed E-state index contributed by atoms with van der Waals surface area (Å²) in [6.07, 6.45) is 0. The molecule has 21 heavy (non-hydrogen) atoms. The number of nitrogens with one attached hydrogen (secondary N) is 1. The summed E-state index contributed by atoms with van der Waals surface area (Å²) in [6.45, 7) is 7.88. The van der Waals surface area contributed by atoms with Crippen molar-refractivity contribution in [2.24, 2.45) is 0 Å². The molecular weight excluding hydrogens is 280 g/mol. The van der Waals surface area contributed by atoms with Crippen molar-refractivity contribution in [3.05, 3.63) is 46.7 Å². The van der Waals surface area contributed by atoms with Gasteiger partial charge in [-0.3, -0.25) is 4.79 Å². The monoisotopic (exact) mass is 302 g/mol. The van der Waals surface area contributed by atoms with Crippen LogP contribution in [0.4, 0.5) is 0 Å². The van der Waals surface area contributed by atoms with E-state index in [0.29, 0.717) is 6.54 Å². The molecule has 2 aromatic rings. The zero-order valence-corrected chi connectivity index (χ0v) is 13.5. The van der Waals surface area contributed by atoms with E-state index >= 15 is 0 Å². The van der Waals surface area contributed by atoms with E-state index in [9.17, 15) is 4.79 Å². The molecule has 112 valence electrons. The SMILES string of the molecule is CCN(CC)CCNC(=O)c1sccc1-c1ccccc1. The highest BCUT2D eigenvalue weighted by Gasteiger charge is 2.14. The average molecular weight is 302 g/mol. The minimum atomic E-state index is 0.0241. The minimum absolute atomic E-state index is 0.0241. The van der Waals surface area contributed by atoms with Crippen LogP contribution < -0.4 is 5.32 Å². The fourth-order valence-electron chi connectivity index (χ4n) is 2.28. The predicted octanol–water partition coefficient (Wildman–Crippen LogP) is 3.49. The fourth-order valence-corrected chi connectivity index (χ4v) is 3.11. The second kappa shape index (κ2) is 7.96. The van der Waals surface area contributed by atoms with Gasteiger partial charge in [-0.05, 0) is 30.1 Å². The van der Waals surface area contributed by atoms with Crippen LogP contribution in [0, 0.1) is 0 Å². The molecule has 0 bridgehead atoms. The molecule has 1 heterocycles. The first-order chi connectivity index (χ1) is 10.3. The average Bonchev–Trinajstić information content (AvgIpc) is 3.02. The molecule has 0 aliphatic carbocycles. The normalized spacial score (nSPS) is 10.8. The maximum absolute atomic E-state index is 12.3. The minimum Gasteiger partial charge on any atom is -0.350 e. The van der Waals surface area contributed by atoms with Crippen molar-refractivity contribution >= 4 is 17.2 Å². The van der Waals surface area contributed by atoms with Crippen molar-refractivity contribution in [3.63, 3.8) is 0 Å². The number of hydrogen-bond acceptors (Lipinski definition) is 3. The maximum atomic E-state index is 12.3. The molecule has 1 amide bonds. The van der Waals surface area contributed by atoms with Gasteiger partial charge in [-0.1, -0.05) is 44.2 Å². The Morgan fingerprint density at radius 2 is 1.86 bits per heavy atom. The van der Waals surface area contributed by atoms with Gasteiger partial charge in [0.2, 0.25) is 0 Å². The Kier molecular flexibility index (Phi) is 5.96. The van der Waals surface area contributed by atoms with Crippen LogP contribution in [-0.4, -0.2) is 37.0 Å². The van der Waals surface area contributed by atoms with Crippen LogP contribution in [0.5, 0.6) is 0 Å². The summed E-state index contributed by atoms with van der Waals surface area (Å²) >= 11 is 1.50. The van der Waals surface area contributed by atoms with E-state index in [1.165, 1.54) is 11.3 Å². The third-order valence-corrected chi connectivity index (χ3v) is 4.48. The van der Waals surface area contributed by atoms with Gasteiger partial charge in [-0.15, -0.1) is 11.3 Å². The van der Waals surface area contributed by atoms with Crippen LogP contribution in [0.2, 0.25) is 0 Å². The number of thiophene rings is 1. The summed E-state index contributed by atoms with van der Waals surface area (Å²) in [4.78, 5) is 15.4. The molecule has 1 N–H and O–H groups in total. The predicted molar refractivity (Wildman–Crippen MR) is 89.9 cm³/mol. The standard InChI is InChI=1S/C17H22N2OS/c1-3-19(4-2)12-11-18-17(20)16-15(10-13-21-16)14-8-6-5-7-9-14/h5-10,13H,3-4,11-12H2,1-2H3,(H,18,20). The second-order valence-corrected chi connectivity index (χ2v) is 5.73. The number of nitrogens with zero attached hydrogens (tertiary/aromatic N) is 1. The fraction of sp³-hybridized carbons (Fsp3) is 0.353. The molecule has 0 atom stereocenters. The van der Waals surface area contributed by atoms with Gasteiger partial charge < -0.3 is 10.2 Å². The number of hydrogen-bond donors (Lipinski definition) is 1. The lowest BCUT2D eigenvalue weighted by Crippen LogP contribution is -2.34. The largest absolute Gasteiger partial charge is 0.350 e. The summed E-state index contributed by atoms with van der Waals surface area (Å²) in [5, 5.41) is 5.00. The lowest BCUT2D eigenvalue weighted by molar-refractivity contribution is 0.0953. The number of carbonyl (C=O) groups is 1. The molecule has 0 saturated heterocycles. The number of carbonyl (C=O) groups excluding carboxylic acids is 1. The summed E-state index contributed by atoms with van der Waals surface area (Å²) in [6, 6.07) is 12.1. The summed E-state index contributed by atoms with van der Waals surface area (Å²) < 4.78 is 0. The number of rotatable bonds is 7. The summed E-state index contributed by atoms with van der Waals surface area (Å²) in [5.74, 6) is 0.0241. The van der Waals surface area contributed by atoms with Crippen molar-refractivity contribution in [3.8, 4) is 11.1 Å². The molecule has 0 fully saturated rings. The van der Waals surface area contributed by atoms with Gasteiger partial charge in [0.1, 0.15) is 0 Å². The molecule has 1 aromatic heterocycles. The third kappa shape index (κ3) is 4.16. The van der Waals surface area contributed by atoms with Crippen LogP contribution in [0.15, 0.2) is 41.8 Å². The number of benzene rings is 1. The lowest BCUT2D eigenvalue weighted by Gasteiger charge is -2.17. The first kappa shape index (κ1) is 15.7. The van der Waals surface area contributed by atoms with Crippen molar-refractivity contribution in [2.75, 3.05) is 26.2 Å². The van der Waals surface area contributed by atoms with Crippen LogP contribution >= 0.6 is 11.3 Å². The van der Waals surface area contributed by atoms with Crippen LogP contribution in [0.25, 0.3) is 11.1 Å². The molecule has 0 spiro atoms. The summed E-state index contributed by atoms with van der Waals surface area (Å²) in [7, 11) is 0. The van der Waals surface area contributed by atoms with E-state index in [1.54, 1.807) is 0 Å². The van der Waals surface area contributed by atoms with E-state index in [1.807, 2.05) is 41.8 Å². The van der Waals surface area contributed by atoms with Gasteiger partial charge in [-0.25, -0.2) is 0 Å². The smallest absolute Gasteiger partial charge is 0.262 e. The highest BCUT2D eigenvalue weighted by atomic mass is 32.1. The molecule has 0 radical (unpaired) electrons. The Labute approximate surface area is 130 Å². The molecule has 3 nitrogen and oxygen atoms in total. The molecule has 0 unspecified atom stereocenters. The topological polar surface area (TPSA) is 32.3 Å². The van der Waals surface area contributed by atoms with Gasteiger partial charge in [0, 0.05) is 18.7 Å². The van der Waals surface area contributed by atoms with Crippen LogP contribution in [0.1, 0.15) is 23.5 Å². The highest BCUT2D eigenvalue weighted by Crippen LogP contribution is 2.27. The van der Waals surface area contributed by atoms with Crippen LogP contribution in [-0.2, 0) is 0 Å². The maximum Gasteiger partial charge on any atom is 0.262 e. The Morgan fingerprint density at radius 3 is 2.52 bits per heavy atom. The molecule has 0 saturated carbocycles. The quantitative estimate of drug-likeness (QED) is 0.849. The molecule has 0 aliphatic heterocycles. The second-order valence-electron chi connectivity index (χ2n) is 4.81. The Balaban J connectivity index is 1.99. The first-order valence-corrected chi connectivity index (χ1v) is 8.27. The Morgan fingerprint density at radius 1 is 1.14 bits per heavy atom. The van der Waals surface area contributed by atoms with Crippen LogP contribution in [0.3, 0.4) is 0 Å². The zero-order valence-electron chi connectivity index (χ0n) is 12.6. The zero-order chi connectivity index (χ0) is 15.1. The third-order valence-electron chi connectivity index (χ3n) is 3.56. The number of likely N-dealkylation sites (N-methyl/N-ethyl adjacent to an activating group) is 1.